The van der Waals surface area contributed by atoms with Crippen molar-refractivity contribution in [2.24, 2.45) is 0 Å². The normalized spacial score (nSPS) is 9.95. The number of anilines is 1. The smallest absolute Gasteiger partial charge is 0.512 e. The number of rotatable bonds is 4. The van der Waals surface area contributed by atoms with Crippen LogP contribution in [-0.2, 0) is 0 Å². The molecular weight excluding hydrogens is 257 g/mol. The van der Waals surface area contributed by atoms with E-state index >= 15 is 0 Å². The lowest BCUT2D eigenvalue weighted by atomic mass is 10.1. The number of amides is 1. The second kappa shape index (κ2) is 6.23. The monoisotopic (exact) mass is 271 g/mol. The van der Waals surface area contributed by atoms with Crippen molar-refractivity contribution in [1.82, 2.24) is 0 Å². The third-order valence-electron chi connectivity index (χ3n) is 2.79. The van der Waals surface area contributed by atoms with Gasteiger partial charge in [0.05, 0.1) is 0 Å². The Balaban J connectivity index is 2.13. The van der Waals surface area contributed by atoms with Crippen LogP contribution in [0.25, 0.3) is 0 Å². The molecule has 2 aromatic carbocycles. The minimum Gasteiger partial charge on any atom is -0.512 e. The molecule has 0 bridgehead atoms. The molecule has 0 heterocycles. The van der Waals surface area contributed by atoms with E-state index in [1.807, 2.05) is 30.3 Å². The molecule has 0 aliphatic heterocycles. The average molecular weight is 271 g/mol. The van der Waals surface area contributed by atoms with Gasteiger partial charge in [-0.2, -0.15) is 0 Å². The minimum atomic E-state index is -1.87. The summed E-state index contributed by atoms with van der Waals surface area (Å²) in [5.74, 6) is 0.117. The molecular formula is C14H14BNO4. The number of hydrogen-bond donors (Lipinski definition) is 2. The zero-order valence-electron chi connectivity index (χ0n) is 10.9. The molecule has 20 heavy (non-hydrogen) atoms. The number of hydrogen-bond acceptors (Lipinski definition) is 4. The molecule has 0 unspecified atom stereocenters. The van der Waals surface area contributed by atoms with Gasteiger partial charge in [0.1, 0.15) is 5.75 Å². The van der Waals surface area contributed by atoms with Crippen molar-refractivity contribution in [2.45, 2.75) is 0 Å². The Morgan fingerprint density at radius 1 is 1.05 bits per heavy atom. The zero-order chi connectivity index (χ0) is 14.5. The standard InChI is InChI=1S/C14H14BNO4/c1-16(12-5-3-2-4-6-12)14(17)11-7-9-13(10-8-11)20-15(18)19/h2-10,18-19H,1H3. The van der Waals surface area contributed by atoms with E-state index in [-0.39, 0.29) is 11.7 Å². The Kier molecular flexibility index (Phi) is 4.39. The van der Waals surface area contributed by atoms with Crippen LogP contribution < -0.4 is 9.55 Å². The highest BCUT2D eigenvalue weighted by atomic mass is 16.6. The fourth-order valence-corrected chi connectivity index (χ4v) is 1.76. The van der Waals surface area contributed by atoms with E-state index < -0.39 is 7.32 Å². The van der Waals surface area contributed by atoms with Crippen molar-refractivity contribution in [3.8, 4) is 5.75 Å². The lowest BCUT2D eigenvalue weighted by Gasteiger charge is -2.17. The summed E-state index contributed by atoms with van der Waals surface area (Å²) in [6.07, 6.45) is 0. The van der Waals surface area contributed by atoms with E-state index in [0.717, 1.165) is 5.69 Å². The third kappa shape index (κ3) is 3.37. The lowest BCUT2D eigenvalue weighted by Crippen LogP contribution is -2.26. The average Bonchev–Trinajstić information content (AvgIpc) is 2.47. The Bertz CT molecular complexity index is 571. The zero-order valence-corrected chi connectivity index (χ0v) is 10.9. The molecule has 0 aromatic heterocycles. The second-order valence-electron chi connectivity index (χ2n) is 4.17. The molecule has 0 aliphatic carbocycles. The van der Waals surface area contributed by atoms with Crippen LogP contribution in [0.2, 0.25) is 0 Å². The molecule has 0 saturated carbocycles. The Morgan fingerprint density at radius 3 is 2.20 bits per heavy atom. The summed E-state index contributed by atoms with van der Waals surface area (Å²) in [4.78, 5) is 13.8. The van der Waals surface area contributed by atoms with Crippen molar-refractivity contribution < 1.29 is 19.5 Å². The predicted molar refractivity (Wildman–Crippen MR) is 76.4 cm³/mol. The van der Waals surface area contributed by atoms with Gasteiger partial charge in [-0.3, -0.25) is 4.79 Å². The van der Waals surface area contributed by atoms with Crippen LogP contribution in [0.4, 0.5) is 5.69 Å². The summed E-state index contributed by atoms with van der Waals surface area (Å²) in [6, 6.07) is 15.4. The fourth-order valence-electron chi connectivity index (χ4n) is 1.76. The van der Waals surface area contributed by atoms with E-state index in [1.165, 1.54) is 17.0 Å². The molecule has 2 rings (SSSR count). The molecule has 0 spiro atoms. The van der Waals surface area contributed by atoms with Gasteiger partial charge in [-0.1, -0.05) is 18.2 Å². The first-order valence-electron chi connectivity index (χ1n) is 6.04. The summed E-state index contributed by atoms with van der Waals surface area (Å²) in [5.41, 5.74) is 1.28. The Hall–Kier alpha value is -2.31. The molecule has 2 aromatic rings. The Morgan fingerprint density at radius 2 is 1.65 bits per heavy atom. The third-order valence-corrected chi connectivity index (χ3v) is 2.79. The summed E-state index contributed by atoms with van der Waals surface area (Å²) in [7, 11) is -0.178. The lowest BCUT2D eigenvalue weighted by molar-refractivity contribution is 0.0993. The van der Waals surface area contributed by atoms with E-state index in [0.29, 0.717) is 5.56 Å². The highest BCUT2D eigenvalue weighted by molar-refractivity contribution is 6.33. The Labute approximate surface area is 117 Å². The molecule has 1 amide bonds. The number of carbonyl (C=O) groups is 1. The topological polar surface area (TPSA) is 70.0 Å². The number of para-hydroxylation sites is 1. The fraction of sp³-hybridized carbons (Fsp3) is 0.0714. The summed E-state index contributed by atoms with van der Waals surface area (Å²) in [5, 5.41) is 17.4. The van der Waals surface area contributed by atoms with Crippen LogP contribution >= 0.6 is 0 Å². The number of benzene rings is 2. The van der Waals surface area contributed by atoms with E-state index in [2.05, 4.69) is 4.65 Å². The van der Waals surface area contributed by atoms with E-state index in [1.54, 1.807) is 19.2 Å². The van der Waals surface area contributed by atoms with Crippen LogP contribution in [0.15, 0.2) is 54.6 Å². The molecule has 0 atom stereocenters. The molecule has 5 nitrogen and oxygen atoms in total. The maximum Gasteiger partial charge on any atom is 0.707 e. The van der Waals surface area contributed by atoms with Crippen LogP contribution in [0.1, 0.15) is 10.4 Å². The van der Waals surface area contributed by atoms with Gasteiger partial charge in [-0.25, -0.2) is 0 Å². The van der Waals surface area contributed by atoms with Crippen molar-refractivity contribution in [3.63, 3.8) is 0 Å². The van der Waals surface area contributed by atoms with Gasteiger partial charge in [-0.05, 0) is 36.4 Å². The predicted octanol–water partition coefficient (Wildman–Crippen LogP) is 1.31. The maximum absolute atomic E-state index is 12.3. The quantitative estimate of drug-likeness (QED) is 0.822. The van der Waals surface area contributed by atoms with Crippen molar-refractivity contribution in [3.05, 3.63) is 60.2 Å². The van der Waals surface area contributed by atoms with E-state index in [9.17, 15) is 4.79 Å². The van der Waals surface area contributed by atoms with Gasteiger partial charge < -0.3 is 19.6 Å². The molecule has 6 heteroatoms. The van der Waals surface area contributed by atoms with Crippen molar-refractivity contribution >= 4 is 18.9 Å². The summed E-state index contributed by atoms with van der Waals surface area (Å²) in [6.45, 7) is 0. The maximum atomic E-state index is 12.3. The van der Waals surface area contributed by atoms with E-state index in [4.69, 9.17) is 10.0 Å². The van der Waals surface area contributed by atoms with Crippen molar-refractivity contribution in [2.75, 3.05) is 11.9 Å². The SMILES string of the molecule is CN(C(=O)c1ccc(OB(O)O)cc1)c1ccccc1. The summed E-state index contributed by atoms with van der Waals surface area (Å²) < 4.78 is 4.68. The highest BCUT2D eigenvalue weighted by Crippen LogP contribution is 2.17. The largest absolute Gasteiger partial charge is 0.707 e. The van der Waals surface area contributed by atoms with Crippen LogP contribution in [-0.4, -0.2) is 30.3 Å². The van der Waals surface area contributed by atoms with Gasteiger partial charge in [0.25, 0.3) is 5.91 Å². The molecule has 0 fully saturated rings. The van der Waals surface area contributed by atoms with Crippen molar-refractivity contribution in [1.29, 1.82) is 0 Å². The first kappa shape index (κ1) is 14.1. The molecule has 2 N–H and O–H groups in total. The molecule has 0 radical (unpaired) electrons. The molecule has 0 aliphatic rings. The van der Waals surface area contributed by atoms with Crippen LogP contribution in [0.3, 0.4) is 0 Å². The summed E-state index contributed by atoms with van der Waals surface area (Å²) >= 11 is 0. The van der Waals surface area contributed by atoms with Crippen LogP contribution in [0, 0.1) is 0 Å². The first-order valence-corrected chi connectivity index (χ1v) is 6.04. The highest BCUT2D eigenvalue weighted by Gasteiger charge is 2.15. The number of carbonyl (C=O) groups excluding carboxylic acids is 1. The molecule has 0 saturated heterocycles. The second-order valence-corrected chi connectivity index (χ2v) is 4.17. The van der Waals surface area contributed by atoms with Gasteiger partial charge in [0.2, 0.25) is 0 Å². The van der Waals surface area contributed by atoms with Gasteiger partial charge in [-0.15, -0.1) is 0 Å². The van der Waals surface area contributed by atoms with Gasteiger partial charge in [0.15, 0.2) is 0 Å². The molecule has 102 valence electrons. The number of nitrogens with zero attached hydrogens (tertiary/aromatic N) is 1. The van der Waals surface area contributed by atoms with Gasteiger partial charge in [0, 0.05) is 18.3 Å². The van der Waals surface area contributed by atoms with Gasteiger partial charge >= 0.3 is 7.32 Å². The first-order chi connectivity index (χ1) is 9.58. The van der Waals surface area contributed by atoms with Crippen LogP contribution in [0.5, 0.6) is 5.75 Å². The minimum absolute atomic E-state index is 0.160.